The van der Waals surface area contributed by atoms with E-state index in [-0.39, 0.29) is 16.3 Å². The first-order valence-corrected chi connectivity index (χ1v) is 7.52. The molecule has 0 saturated heterocycles. The summed E-state index contributed by atoms with van der Waals surface area (Å²) >= 11 is 0. The van der Waals surface area contributed by atoms with Crippen molar-refractivity contribution in [2.75, 3.05) is 4.72 Å². The number of nitriles is 1. The number of benzene rings is 1. The molecule has 1 aromatic carbocycles. The standard InChI is InChI=1S/C14H13N3O2S/c1-2-11-5-3-7-13(9-11)20(18,19)17-14-12(10-15)6-4-8-16-14/h3-9H,2H2,1H3,(H,16,17). The number of aromatic nitrogens is 1. The molecular formula is C14H13N3O2S. The van der Waals surface area contributed by atoms with E-state index in [4.69, 9.17) is 5.26 Å². The molecule has 1 aromatic heterocycles. The van der Waals surface area contributed by atoms with Crippen molar-refractivity contribution in [1.29, 1.82) is 5.26 Å². The van der Waals surface area contributed by atoms with E-state index in [1.165, 1.54) is 18.3 Å². The third-order valence-corrected chi connectivity index (χ3v) is 4.11. The topological polar surface area (TPSA) is 82.8 Å². The Morgan fingerprint density at radius 3 is 2.80 bits per heavy atom. The Hall–Kier alpha value is -2.39. The van der Waals surface area contributed by atoms with E-state index >= 15 is 0 Å². The first-order chi connectivity index (χ1) is 9.56. The van der Waals surface area contributed by atoms with Crippen LogP contribution in [0.15, 0.2) is 47.5 Å². The predicted molar refractivity (Wildman–Crippen MR) is 75.6 cm³/mol. The van der Waals surface area contributed by atoms with Gasteiger partial charge in [0.1, 0.15) is 6.07 Å². The summed E-state index contributed by atoms with van der Waals surface area (Å²) in [7, 11) is -3.74. The van der Waals surface area contributed by atoms with Crippen molar-refractivity contribution in [3.05, 3.63) is 53.7 Å². The van der Waals surface area contributed by atoms with Crippen molar-refractivity contribution < 1.29 is 8.42 Å². The largest absolute Gasteiger partial charge is 0.263 e. The minimum absolute atomic E-state index is 0.0388. The van der Waals surface area contributed by atoms with Crippen molar-refractivity contribution in [1.82, 2.24) is 4.98 Å². The number of hydrogen-bond donors (Lipinski definition) is 1. The molecule has 0 bridgehead atoms. The monoisotopic (exact) mass is 287 g/mol. The summed E-state index contributed by atoms with van der Waals surface area (Å²) in [5.41, 5.74) is 1.11. The SMILES string of the molecule is CCc1cccc(S(=O)(=O)Nc2ncccc2C#N)c1. The molecule has 20 heavy (non-hydrogen) atoms. The Kier molecular flexibility index (Phi) is 4.01. The van der Waals surface area contributed by atoms with E-state index in [0.29, 0.717) is 0 Å². The van der Waals surface area contributed by atoms with E-state index in [2.05, 4.69) is 9.71 Å². The van der Waals surface area contributed by atoms with E-state index < -0.39 is 10.0 Å². The van der Waals surface area contributed by atoms with Gasteiger partial charge in [-0.25, -0.2) is 13.4 Å². The summed E-state index contributed by atoms with van der Waals surface area (Å²) in [4.78, 5) is 4.05. The molecule has 0 spiro atoms. The van der Waals surface area contributed by atoms with Crippen LogP contribution in [-0.2, 0) is 16.4 Å². The van der Waals surface area contributed by atoms with Gasteiger partial charge in [0.15, 0.2) is 5.82 Å². The van der Waals surface area contributed by atoms with Gasteiger partial charge in [-0.15, -0.1) is 0 Å². The van der Waals surface area contributed by atoms with Gasteiger partial charge in [0.25, 0.3) is 10.0 Å². The average molecular weight is 287 g/mol. The van der Waals surface area contributed by atoms with Crippen molar-refractivity contribution in [2.24, 2.45) is 0 Å². The van der Waals surface area contributed by atoms with Crippen molar-refractivity contribution in [3.8, 4) is 6.07 Å². The summed E-state index contributed by atoms with van der Waals surface area (Å²) in [5, 5.41) is 8.94. The van der Waals surface area contributed by atoms with Crippen LogP contribution >= 0.6 is 0 Å². The zero-order valence-electron chi connectivity index (χ0n) is 10.9. The van der Waals surface area contributed by atoms with Gasteiger partial charge < -0.3 is 0 Å². The fourth-order valence-electron chi connectivity index (χ4n) is 1.70. The second kappa shape index (κ2) is 5.72. The summed E-state index contributed by atoms with van der Waals surface area (Å²) in [6, 6.07) is 11.7. The number of nitrogens with one attached hydrogen (secondary N) is 1. The van der Waals surface area contributed by atoms with E-state index in [1.54, 1.807) is 18.2 Å². The third-order valence-electron chi connectivity index (χ3n) is 2.78. The molecule has 0 atom stereocenters. The molecule has 6 heteroatoms. The highest BCUT2D eigenvalue weighted by molar-refractivity contribution is 7.92. The van der Waals surface area contributed by atoms with Crippen LogP contribution in [0.3, 0.4) is 0 Å². The fourth-order valence-corrected chi connectivity index (χ4v) is 2.79. The molecule has 0 aliphatic carbocycles. The molecule has 0 radical (unpaired) electrons. The van der Waals surface area contributed by atoms with Gasteiger partial charge in [0.2, 0.25) is 0 Å². The quantitative estimate of drug-likeness (QED) is 0.935. The van der Waals surface area contributed by atoms with Crippen LogP contribution in [0.25, 0.3) is 0 Å². The smallest absolute Gasteiger partial charge is 0.262 e. The summed E-state index contributed by atoms with van der Waals surface area (Å²) in [6.07, 6.45) is 2.18. The van der Waals surface area contributed by atoms with Gasteiger partial charge in [-0.2, -0.15) is 5.26 Å². The summed E-state index contributed by atoms with van der Waals surface area (Å²) < 4.78 is 26.9. The molecule has 0 fully saturated rings. The maximum atomic E-state index is 12.3. The zero-order chi connectivity index (χ0) is 14.6. The molecule has 1 N–H and O–H groups in total. The van der Waals surface area contributed by atoms with Crippen molar-refractivity contribution in [2.45, 2.75) is 18.2 Å². The predicted octanol–water partition coefficient (Wildman–Crippen LogP) is 2.32. The summed E-state index contributed by atoms with van der Waals surface area (Å²) in [5.74, 6) is 0.0388. The second-order valence-corrected chi connectivity index (χ2v) is 5.80. The Morgan fingerprint density at radius 2 is 2.10 bits per heavy atom. The van der Waals surface area contributed by atoms with Gasteiger partial charge >= 0.3 is 0 Å². The average Bonchev–Trinajstić information content (AvgIpc) is 2.47. The molecule has 5 nitrogen and oxygen atoms in total. The van der Waals surface area contributed by atoms with Gasteiger partial charge in [-0.3, -0.25) is 4.72 Å². The molecule has 0 saturated carbocycles. The van der Waals surface area contributed by atoms with Crippen LogP contribution in [0.5, 0.6) is 0 Å². The highest BCUT2D eigenvalue weighted by Gasteiger charge is 2.16. The van der Waals surface area contributed by atoms with E-state index in [1.807, 2.05) is 19.1 Å². The Balaban J connectivity index is 2.39. The Labute approximate surface area is 118 Å². The fraction of sp³-hybridized carbons (Fsp3) is 0.143. The molecule has 102 valence electrons. The van der Waals surface area contributed by atoms with Crippen LogP contribution < -0.4 is 4.72 Å². The number of aryl methyl sites for hydroxylation is 1. The molecule has 2 aromatic rings. The lowest BCUT2D eigenvalue weighted by Gasteiger charge is -2.09. The molecule has 0 aliphatic heterocycles. The summed E-state index contributed by atoms with van der Waals surface area (Å²) in [6.45, 7) is 1.95. The first-order valence-electron chi connectivity index (χ1n) is 6.03. The minimum atomic E-state index is -3.74. The number of sulfonamides is 1. The second-order valence-electron chi connectivity index (χ2n) is 4.12. The third kappa shape index (κ3) is 2.95. The highest BCUT2D eigenvalue weighted by atomic mass is 32.2. The normalized spacial score (nSPS) is 10.8. The lowest BCUT2D eigenvalue weighted by Crippen LogP contribution is -2.15. The van der Waals surface area contributed by atoms with E-state index in [9.17, 15) is 8.42 Å². The molecular weight excluding hydrogens is 274 g/mol. The number of nitrogens with zero attached hydrogens (tertiary/aromatic N) is 2. The molecule has 1 heterocycles. The van der Waals surface area contributed by atoms with Crippen LogP contribution in [0, 0.1) is 11.3 Å². The maximum Gasteiger partial charge on any atom is 0.263 e. The molecule has 0 aliphatic rings. The van der Waals surface area contributed by atoms with Gasteiger partial charge in [0, 0.05) is 6.20 Å². The lowest BCUT2D eigenvalue weighted by atomic mass is 10.2. The number of hydrogen-bond acceptors (Lipinski definition) is 4. The molecule has 0 amide bonds. The van der Waals surface area contributed by atoms with Crippen LogP contribution in [-0.4, -0.2) is 13.4 Å². The lowest BCUT2D eigenvalue weighted by molar-refractivity contribution is 0.601. The number of rotatable bonds is 4. The van der Waals surface area contributed by atoms with Gasteiger partial charge in [0.05, 0.1) is 10.5 Å². The number of anilines is 1. The van der Waals surface area contributed by atoms with Crippen LogP contribution in [0.2, 0.25) is 0 Å². The van der Waals surface area contributed by atoms with Crippen molar-refractivity contribution >= 4 is 15.8 Å². The van der Waals surface area contributed by atoms with Crippen LogP contribution in [0.4, 0.5) is 5.82 Å². The van der Waals surface area contributed by atoms with Crippen LogP contribution in [0.1, 0.15) is 18.1 Å². The zero-order valence-corrected chi connectivity index (χ0v) is 11.7. The van der Waals surface area contributed by atoms with Gasteiger partial charge in [-0.05, 0) is 36.2 Å². The minimum Gasteiger partial charge on any atom is -0.262 e. The molecule has 0 unspecified atom stereocenters. The molecule has 2 rings (SSSR count). The van der Waals surface area contributed by atoms with Gasteiger partial charge in [-0.1, -0.05) is 19.1 Å². The van der Waals surface area contributed by atoms with E-state index in [0.717, 1.165) is 12.0 Å². The highest BCUT2D eigenvalue weighted by Crippen LogP contribution is 2.18. The first kappa shape index (κ1) is 14.0. The maximum absolute atomic E-state index is 12.3. The Morgan fingerprint density at radius 1 is 1.30 bits per heavy atom. The Bertz CT molecular complexity index is 764. The number of pyridine rings is 1. The van der Waals surface area contributed by atoms with Crippen molar-refractivity contribution in [3.63, 3.8) is 0 Å².